The Morgan fingerprint density at radius 2 is 1.77 bits per heavy atom. The smallest absolute Gasteiger partial charge is 0.227 e. The number of nitrogens with one attached hydrogen (secondary N) is 1. The van der Waals surface area contributed by atoms with E-state index in [0.29, 0.717) is 13.0 Å². The third-order valence-corrected chi connectivity index (χ3v) is 6.57. The lowest BCUT2D eigenvalue weighted by molar-refractivity contribution is -0.131. The Hall–Kier alpha value is -3.18. The number of halogens is 1. The van der Waals surface area contributed by atoms with Gasteiger partial charge in [0.25, 0.3) is 0 Å². The number of nitrogens with zero attached hydrogens (tertiary/aromatic N) is 1. The van der Waals surface area contributed by atoms with Gasteiger partial charge in [0.2, 0.25) is 5.91 Å². The molecule has 5 rings (SSSR count). The summed E-state index contributed by atoms with van der Waals surface area (Å²) in [7, 11) is 0. The predicted molar refractivity (Wildman–Crippen MR) is 119 cm³/mol. The van der Waals surface area contributed by atoms with E-state index in [1.165, 1.54) is 12.1 Å². The summed E-state index contributed by atoms with van der Waals surface area (Å²) < 4.78 is 13.4. The van der Waals surface area contributed by atoms with Gasteiger partial charge in [0, 0.05) is 18.2 Å². The van der Waals surface area contributed by atoms with Crippen LogP contribution in [0.2, 0.25) is 0 Å². The normalized spacial score (nSPS) is 21.9. The van der Waals surface area contributed by atoms with E-state index in [4.69, 9.17) is 0 Å². The summed E-state index contributed by atoms with van der Waals surface area (Å²) in [5.74, 6) is -0.00109. The van der Waals surface area contributed by atoms with Crippen molar-refractivity contribution in [1.82, 2.24) is 4.90 Å². The maximum Gasteiger partial charge on any atom is 0.227 e. The molecule has 1 amide bonds. The van der Waals surface area contributed by atoms with Crippen LogP contribution >= 0.6 is 0 Å². The van der Waals surface area contributed by atoms with Crippen molar-refractivity contribution in [3.05, 3.63) is 89.7 Å². The quantitative estimate of drug-likeness (QED) is 0.662. The number of likely N-dealkylation sites (tertiary alicyclic amines) is 1. The highest BCUT2D eigenvalue weighted by atomic mass is 19.1. The number of amides is 1. The standard InChI is InChI=1S/C26H25FN2O2/c27-20-9-6-18(7-10-20)19-8-11-23-22(15-19)26-21(24(16-30)28-23)12-13-29(26)25(31)14-17-4-2-1-3-5-17/h1-11,15,21,24,26,28,30H,12-14,16H2/t21-,24+,26-/m1/s1. The Balaban J connectivity index is 1.51. The SMILES string of the molecule is O=C(Cc1ccccc1)N1CC[C@@H]2[C@H](CO)Nc3ccc(-c4ccc(F)cc4)cc3[C@@H]21. The van der Waals surface area contributed by atoms with Crippen molar-refractivity contribution >= 4 is 11.6 Å². The summed E-state index contributed by atoms with van der Waals surface area (Å²) in [5, 5.41) is 13.4. The molecule has 1 fully saturated rings. The molecule has 2 aliphatic rings. The summed E-state index contributed by atoms with van der Waals surface area (Å²) in [6.07, 6.45) is 1.22. The monoisotopic (exact) mass is 416 g/mol. The molecule has 1 saturated heterocycles. The van der Waals surface area contributed by atoms with Crippen molar-refractivity contribution in [1.29, 1.82) is 0 Å². The molecule has 5 heteroatoms. The fraction of sp³-hybridized carbons (Fsp3) is 0.269. The van der Waals surface area contributed by atoms with Gasteiger partial charge in [-0.05, 0) is 52.9 Å². The molecule has 0 spiro atoms. The summed E-state index contributed by atoms with van der Waals surface area (Å²) in [6.45, 7) is 0.709. The van der Waals surface area contributed by atoms with Crippen LogP contribution in [0.25, 0.3) is 11.1 Å². The third kappa shape index (κ3) is 3.70. The molecule has 3 aromatic carbocycles. The zero-order chi connectivity index (χ0) is 21.4. The minimum absolute atomic E-state index is 0.0288. The molecule has 0 aliphatic carbocycles. The van der Waals surface area contributed by atoms with Gasteiger partial charge < -0.3 is 15.3 Å². The summed E-state index contributed by atoms with van der Waals surface area (Å²) in [4.78, 5) is 15.2. The fourth-order valence-electron chi connectivity index (χ4n) is 5.04. The fourth-order valence-corrected chi connectivity index (χ4v) is 5.04. The van der Waals surface area contributed by atoms with Crippen molar-refractivity contribution in [3.8, 4) is 11.1 Å². The Morgan fingerprint density at radius 3 is 2.52 bits per heavy atom. The minimum Gasteiger partial charge on any atom is -0.394 e. The van der Waals surface area contributed by atoms with Crippen molar-refractivity contribution in [3.63, 3.8) is 0 Å². The van der Waals surface area contributed by atoms with E-state index in [-0.39, 0.29) is 36.3 Å². The average Bonchev–Trinajstić information content (AvgIpc) is 3.25. The van der Waals surface area contributed by atoms with Gasteiger partial charge in [-0.1, -0.05) is 48.5 Å². The Bertz CT molecular complexity index is 1080. The molecule has 0 aromatic heterocycles. The van der Waals surface area contributed by atoms with Gasteiger partial charge in [-0.3, -0.25) is 4.79 Å². The van der Waals surface area contributed by atoms with E-state index in [0.717, 1.165) is 34.4 Å². The van der Waals surface area contributed by atoms with E-state index in [1.807, 2.05) is 47.4 Å². The van der Waals surface area contributed by atoms with Gasteiger partial charge in [0.15, 0.2) is 0 Å². The van der Waals surface area contributed by atoms with E-state index in [2.05, 4.69) is 11.4 Å². The first-order valence-electron chi connectivity index (χ1n) is 10.7. The molecule has 4 nitrogen and oxygen atoms in total. The van der Waals surface area contributed by atoms with Crippen LogP contribution in [-0.4, -0.2) is 35.1 Å². The molecule has 2 heterocycles. The number of aliphatic hydroxyl groups is 1. The van der Waals surface area contributed by atoms with Crippen LogP contribution < -0.4 is 5.32 Å². The first kappa shape index (κ1) is 19.8. The Labute approximate surface area is 181 Å². The molecule has 158 valence electrons. The summed E-state index contributed by atoms with van der Waals surface area (Å²) in [5.41, 5.74) is 4.94. The summed E-state index contributed by atoms with van der Waals surface area (Å²) in [6, 6.07) is 22.2. The number of hydrogen-bond donors (Lipinski definition) is 2. The molecule has 3 atom stereocenters. The van der Waals surface area contributed by atoms with Gasteiger partial charge in [-0.2, -0.15) is 0 Å². The molecule has 3 aromatic rings. The van der Waals surface area contributed by atoms with Gasteiger partial charge in [-0.25, -0.2) is 4.39 Å². The number of rotatable bonds is 4. The topological polar surface area (TPSA) is 52.6 Å². The highest BCUT2D eigenvalue weighted by molar-refractivity contribution is 5.81. The zero-order valence-electron chi connectivity index (χ0n) is 17.2. The predicted octanol–water partition coefficient (Wildman–Crippen LogP) is 4.41. The van der Waals surface area contributed by atoms with Gasteiger partial charge >= 0.3 is 0 Å². The number of anilines is 1. The van der Waals surface area contributed by atoms with E-state index in [1.54, 1.807) is 12.1 Å². The van der Waals surface area contributed by atoms with Gasteiger partial charge in [0.1, 0.15) is 5.82 Å². The zero-order valence-corrected chi connectivity index (χ0v) is 17.2. The molecule has 0 saturated carbocycles. The molecular formula is C26H25FN2O2. The number of benzene rings is 3. The van der Waals surface area contributed by atoms with Gasteiger partial charge in [-0.15, -0.1) is 0 Å². The maximum absolute atomic E-state index is 13.4. The highest BCUT2D eigenvalue weighted by Crippen LogP contribution is 2.47. The number of carbonyl (C=O) groups is 1. The molecule has 31 heavy (non-hydrogen) atoms. The van der Waals surface area contributed by atoms with Crippen molar-refractivity contribution < 1.29 is 14.3 Å². The first-order chi connectivity index (χ1) is 15.1. The van der Waals surface area contributed by atoms with E-state index >= 15 is 0 Å². The summed E-state index contributed by atoms with van der Waals surface area (Å²) >= 11 is 0. The minimum atomic E-state index is -0.261. The Kier molecular flexibility index (Phi) is 5.20. The molecule has 0 unspecified atom stereocenters. The lowest BCUT2D eigenvalue weighted by Gasteiger charge is -2.39. The largest absolute Gasteiger partial charge is 0.394 e. The van der Waals surface area contributed by atoms with Crippen LogP contribution in [0, 0.1) is 11.7 Å². The third-order valence-electron chi connectivity index (χ3n) is 6.57. The van der Waals surface area contributed by atoms with Crippen LogP contribution in [0.15, 0.2) is 72.8 Å². The van der Waals surface area contributed by atoms with Crippen molar-refractivity contribution in [2.75, 3.05) is 18.5 Å². The first-order valence-corrected chi connectivity index (χ1v) is 10.7. The highest BCUT2D eigenvalue weighted by Gasteiger charge is 2.45. The van der Waals surface area contributed by atoms with Crippen LogP contribution in [-0.2, 0) is 11.2 Å². The molecule has 2 N–H and O–H groups in total. The second-order valence-corrected chi connectivity index (χ2v) is 8.39. The van der Waals surface area contributed by atoms with Crippen LogP contribution in [0.5, 0.6) is 0 Å². The lowest BCUT2D eigenvalue weighted by atomic mass is 9.82. The van der Waals surface area contributed by atoms with Crippen LogP contribution in [0.1, 0.15) is 23.6 Å². The average molecular weight is 416 g/mol. The van der Waals surface area contributed by atoms with Crippen LogP contribution in [0.4, 0.5) is 10.1 Å². The number of carbonyl (C=O) groups excluding carboxylic acids is 1. The van der Waals surface area contributed by atoms with E-state index in [9.17, 15) is 14.3 Å². The van der Waals surface area contributed by atoms with E-state index < -0.39 is 0 Å². The molecule has 0 radical (unpaired) electrons. The Morgan fingerprint density at radius 1 is 1.03 bits per heavy atom. The number of aliphatic hydroxyl groups excluding tert-OH is 1. The second-order valence-electron chi connectivity index (χ2n) is 8.39. The lowest BCUT2D eigenvalue weighted by Crippen LogP contribution is -2.43. The van der Waals surface area contributed by atoms with Gasteiger partial charge in [0.05, 0.1) is 25.1 Å². The molecule has 2 aliphatic heterocycles. The number of fused-ring (bicyclic) bond motifs is 3. The second kappa shape index (κ2) is 8.16. The van der Waals surface area contributed by atoms with Crippen molar-refractivity contribution in [2.45, 2.75) is 24.9 Å². The molecule has 0 bridgehead atoms. The molecular weight excluding hydrogens is 391 g/mol. The van der Waals surface area contributed by atoms with Crippen LogP contribution in [0.3, 0.4) is 0 Å². The number of hydrogen-bond acceptors (Lipinski definition) is 3. The maximum atomic E-state index is 13.4. The van der Waals surface area contributed by atoms with Crippen molar-refractivity contribution in [2.24, 2.45) is 5.92 Å².